The van der Waals surface area contributed by atoms with Gasteiger partial charge < -0.3 is 0 Å². The van der Waals surface area contributed by atoms with Crippen LogP contribution in [-0.2, 0) is 17.3 Å². The summed E-state index contributed by atoms with van der Waals surface area (Å²) in [6.07, 6.45) is 11.8. The predicted molar refractivity (Wildman–Crippen MR) is 322 cm³/mol. The standard InChI is InChI=1S/C60H30N8O2S9/c1-59(2)43-44-52(54-46(60(44,3)4)50-38(76-54)16-36(74-50)40-24-68-58(78-40)56-66-22-28(72-56)14-34-42(26(19-63)20-64)30-10-6-8-12-32(30)48(34)70)79-51(43)53-45(59)49-37(75-53)15-35(73-49)39-23-67-57(77-39)55-65-21-27(71-55)13-33-41(25(17-61)18-62)29-9-5-7-11-31(29)47(33)69/h5-15,21-24,36H,16H2,1-4H3/b33-13-,34-14-. The lowest BCUT2D eigenvalue weighted by molar-refractivity contribution is 0.103. The molecule has 376 valence electrons. The van der Waals surface area contributed by atoms with Gasteiger partial charge in [0.25, 0.3) is 0 Å². The molecule has 19 heteroatoms. The molecule has 0 bridgehead atoms. The van der Waals surface area contributed by atoms with Gasteiger partial charge in [-0.1, -0.05) is 76.2 Å². The summed E-state index contributed by atoms with van der Waals surface area (Å²) in [6.45, 7) is 9.68. The zero-order valence-corrected chi connectivity index (χ0v) is 48.9. The minimum Gasteiger partial charge on any atom is -0.289 e. The normalized spacial score (nSPS) is 17.6. The highest BCUT2D eigenvalue weighted by molar-refractivity contribution is 8.00. The number of benzene rings is 2. The zero-order valence-electron chi connectivity index (χ0n) is 41.5. The molecule has 1 unspecified atom stereocenters. The van der Waals surface area contributed by atoms with Crippen LogP contribution in [0.1, 0.15) is 107 Å². The molecule has 10 nitrogen and oxygen atoms in total. The number of hydrogen-bond donors (Lipinski definition) is 0. The minimum absolute atomic E-state index is 0.0896. The molecule has 5 aliphatic rings. The molecule has 1 aliphatic heterocycles. The van der Waals surface area contributed by atoms with Gasteiger partial charge in [-0.25, -0.2) is 19.9 Å². The summed E-state index contributed by atoms with van der Waals surface area (Å²) >= 11 is 15.8. The fraction of sp³-hybridized carbons (Fsp3) is 0.133. The van der Waals surface area contributed by atoms with Gasteiger partial charge in [-0.2, -0.15) is 21.0 Å². The number of rotatable bonds is 6. The van der Waals surface area contributed by atoms with E-state index in [0.717, 1.165) is 41.1 Å². The van der Waals surface area contributed by atoms with E-state index in [1.807, 2.05) is 93.8 Å². The van der Waals surface area contributed by atoms with E-state index in [-0.39, 0.29) is 38.8 Å². The first kappa shape index (κ1) is 48.7. The number of nitrogens with zero attached hydrogens (tertiary/aromatic N) is 8. The third kappa shape index (κ3) is 6.96. The van der Waals surface area contributed by atoms with Gasteiger partial charge in [0, 0.05) is 119 Å². The van der Waals surface area contributed by atoms with Crippen molar-refractivity contribution in [3.8, 4) is 73.6 Å². The highest BCUT2D eigenvalue weighted by atomic mass is 32.2. The topological polar surface area (TPSA) is 181 Å². The van der Waals surface area contributed by atoms with Crippen LogP contribution in [0.2, 0.25) is 0 Å². The van der Waals surface area contributed by atoms with Crippen LogP contribution in [0.3, 0.4) is 0 Å². The summed E-state index contributed by atoms with van der Waals surface area (Å²) < 4.78 is 2.62. The average molecular weight is 1180 g/mol. The van der Waals surface area contributed by atoms with Crippen LogP contribution in [0.25, 0.3) is 82.0 Å². The molecular weight excluding hydrogens is 1150 g/mol. The van der Waals surface area contributed by atoms with Crippen LogP contribution in [0.4, 0.5) is 0 Å². The summed E-state index contributed by atoms with van der Waals surface area (Å²) in [7, 11) is 0. The van der Waals surface area contributed by atoms with Crippen molar-refractivity contribution in [3.63, 3.8) is 0 Å². The molecule has 8 aromatic heterocycles. The number of thiazole rings is 4. The molecule has 0 amide bonds. The smallest absolute Gasteiger partial charge is 0.194 e. The first-order chi connectivity index (χ1) is 38.3. The molecular formula is C60H30N8O2S9. The molecule has 10 aromatic rings. The molecule has 0 saturated carbocycles. The van der Waals surface area contributed by atoms with E-state index in [0.29, 0.717) is 44.5 Å². The molecule has 0 radical (unpaired) electrons. The Bertz CT molecular complexity index is 4770. The van der Waals surface area contributed by atoms with Gasteiger partial charge in [0.15, 0.2) is 31.6 Å². The van der Waals surface area contributed by atoms with Gasteiger partial charge in [0.1, 0.15) is 35.4 Å². The number of hydrogen-bond acceptors (Lipinski definition) is 19. The molecule has 0 saturated heterocycles. The largest absolute Gasteiger partial charge is 0.289 e. The number of aromatic nitrogens is 4. The van der Waals surface area contributed by atoms with Crippen LogP contribution >= 0.6 is 102 Å². The van der Waals surface area contributed by atoms with Gasteiger partial charge in [-0.05, 0) is 51.6 Å². The number of nitriles is 4. The Morgan fingerprint density at radius 3 is 1.62 bits per heavy atom. The van der Waals surface area contributed by atoms with Crippen LogP contribution in [0.5, 0.6) is 0 Å². The van der Waals surface area contributed by atoms with Gasteiger partial charge in [0.05, 0.1) is 24.6 Å². The van der Waals surface area contributed by atoms with Crippen molar-refractivity contribution in [2.75, 3.05) is 0 Å². The monoisotopic (exact) mass is 1180 g/mol. The summed E-state index contributed by atoms with van der Waals surface area (Å²) in [5, 5.41) is 42.5. The van der Waals surface area contributed by atoms with E-state index >= 15 is 0 Å². The van der Waals surface area contributed by atoms with Crippen molar-refractivity contribution < 1.29 is 9.59 Å². The number of allylic oxidation sites excluding steroid dienone is 6. The number of thiophene rings is 4. The lowest BCUT2D eigenvalue weighted by atomic mass is 9.74. The van der Waals surface area contributed by atoms with Gasteiger partial charge in [-0.15, -0.1) is 102 Å². The number of carbonyl (C=O) groups excluding carboxylic acids is 2. The van der Waals surface area contributed by atoms with Crippen molar-refractivity contribution in [2.24, 2.45) is 0 Å². The Hall–Kier alpha value is -7.37. The summed E-state index contributed by atoms with van der Waals surface area (Å²) in [6, 6.07) is 24.4. The van der Waals surface area contributed by atoms with E-state index in [9.17, 15) is 30.6 Å². The summed E-state index contributed by atoms with van der Waals surface area (Å²) in [4.78, 5) is 59.7. The Labute approximate surface area is 487 Å². The molecule has 2 aromatic carbocycles. The maximum absolute atomic E-state index is 13.5. The highest BCUT2D eigenvalue weighted by Gasteiger charge is 2.53. The highest BCUT2D eigenvalue weighted by Crippen LogP contribution is 2.70. The third-order valence-corrected chi connectivity index (χ3v) is 26.5. The van der Waals surface area contributed by atoms with Crippen molar-refractivity contribution >= 4 is 147 Å². The maximum atomic E-state index is 13.5. The van der Waals surface area contributed by atoms with E-state index in [1.165, 1.54) is 93.4 Å². The molecule has 15 rings (SSSR count). The first-order valence-corrected chi connectivity index (χ1v) is 31.9. The Balaban J connectivity index is 0.675. The van der Waals surface area contributed by atoms with Crippen LogP contribution < -0.4 is 0 Å². The second kappa shape index (κ2) is 17.6. The molecule has 1 atom stereocenters. The van der Waals surface area contributed by atoms with Crippen LogP contribution in [0, 0.1) is 45.3 Å². The van der Waals surface area contributed by atoms with E-state index in [2.05, 4.69) is 33.8 Å². The first-order valence-electron chi connectivity index (χ1n) is 24.5. The van der Waals surface area contributed by atoms with Crippen molar-refractivity contribution in [2.45, 2.75) is 55.1 Å². The lowest BCUT2D eigenvalue weighted by Gasteiger charge is -2.29. The van der Waals surface area contributed by atoms with E-state index in [4.69, 9.17) is 19.9 Å². The van der Waals surface area contributed by atoms with Gasteiger partial charge in [0.2, 0.25) is 0 Å². The molecule has 0 fully saturated rings. The van der Waals surface area contributed by atoms with Crippen molar-refractivity contribution in [1.29, 1.82) is 21.0 Å². The summed E-state index contributed by atoms with van der Waals surface area (Å²) in [5.74, 6) is -0.429. The van der Waals surface area contributed by atoms with Crippen molar-refractivity contribution in [1.82, 2.24) is 19.9 Å². The van der Waals surface area contributed by atoms with E-state index < -0.39 is 0 Å². The Kier molecular flexibility index (Phi) is 10.8. The number of thioether (sulfide) groups is 1. The molecule has 79 heavy (non-hydrogen) atoms. The summed E-state index contributed by atoms with van der Waals surface area (Å²) in [5.41, 5.74) is 8.78. The van der Waals surface area contributed by atoms with Crippen LogP contribution in [0.15, 0.2) is 107 Å². The second-order valence-corrected chi connectivity index (χ2v) is 29.9. The number of fused-ring (bicyclic) bond motifs is 13. The lowest BCUT2D eigenvalue weighted by Crippen LogP contribution is -2.23. The van der Waals surface area contributed by atoms with Crippen molar-refractivity contribution in [3.05, 3.63) is 166 Å². The number of ketones is 2. The quantitative estimate of drug-likeness (QED) is 0.114. The molecule has 9 heterocycles. The molecule has 0 spiro atoms. The number of Topliss-reactive ketones (excluding diaryl/α,β-unsaturated/α-hetero) is 2. The fourth-order valence-electron chi connectivity index (χ4n) is 11.8. The van der Waals surface area contributed by atoms with Gasteiger partial charge in [-0.3, -0.25) is 9.59 Å². The zero-order chi connectivity index (χ0) is 54.0. The SMILES string of the molecule is CC1(C)c2c(sc3c2SC(c2cnc(-c4ncc(/C=C5\C(=O)c6ccccc6C5=C(C#N)C#N)s4)s2)C3)-c2sc3c(c21)C(C)(C)c1c-3sc2cc(-c3cnc(-c4ncc(/C=C5\C(=O)c6ccccc6C5=C(C#N)C#N)s4)s3)sc12. The molecule has 0 N–H and O–H groups in total. The maximum Gasteiger partial charge on any atom is 0.194 e. The fourth-order valence-corrected chi connectivity index (χ4v) is 23.8. The third-order valence-electron chi connectivity index (χ3n) is 15.2. The minimum atomic E-state index is -0.217. The van der Waals surface area contributed by atoms with E-state index in [1.54, 1.807) is 95.8 Å². The number of carbonyl (C=O) groups is 2. The second-order valence-electron chi connectivity index (χ2n) is 20.3. The Morgan fingerprint density at radius 2 is 1.04 bits per heavy atom. The van der Waals surface area contributed by atoms with Crippen LogP contribution in [-0.4, -0.2) is 31.5 Å². The average Bonchev–Trinajstić information content (AvgIpc) is 2.53. The predicted octanol–water partition coefficient (Wildman–Crippen LogP) is 17.1. The molecule has 4 aliphatic carbocycles. The van der Waals surface area contributed by atoms with Gasteiger partial charge >= 0.3 is 0 Å². The Morgan fingerprint density at radius 1 is 0.544 bits per heavy atom.